The van der Waals surface area contributed by atoms with Crippen LogP contribution in [0.2, 0.25) is 0 Å². The molecular weight excluding hydrogens is 416 g/mol. The fourth-order valence-electron chi connectivity index (χ4n) is 4.88. The highest BCUT2D eigenvalue weighted by Gasteiger charge is 2.15. The van der Waals surface area contributed by atoms with Crippen LogP contribution >= 0.6 is 0 Å². The van der Waals surface area contributed by atoms with Gasteiger partial charge in [-0.15, -0.1) is 0 Å². The number of aromatic nitrogens is 4. The van der Waals surface area contributed by atoms with Crippen molar-refractivity contribution < 1.29 is 0 Å². The lowest BCUT2D eigenvalue weighted by Crippen LogP contribution is -1.96. The van der Waals surface area contributed by atoms with Gasteiger partial charge in [-0.1, -0.05) is 42.5 Å². The highest BCUT2D eigenvalue weighted by atomic mass is 15.0. The molecule has 7 rings (SSSR count). The van der Waals surface area contributed by atoms with Gasteiger partial charge < -0.3 is 9.13 Å². The zero-order valence-corrected chi connectivity index (χ0v) is 18.3. The van der Waals surface area contributed by atoms with Crippen molar-refractivity contribution in [3.8, 4) is 22.6 Å². The van der Waals surface area contributed by atoms with Gasteiger partial charge in [0.1, 0.15) is 5.82 Å². The monoisotopic (exact) mass is 436 g/mol. The molecule has 0 fully saturated rings. The molecule has 3 aromatic carbocycles. The van der Waals surface area contributed by atoms with Crippen molar-refractivity contribution in [1.82, 2.24) is 19.1 Å². The SMILES string of the molecule is c1ccc(-n2c3ccccc3c3cc4c(ccn4-c4ccc(-c5cccnc5)cn4)cc32)cc1. The summed E-state index contributed by atoms with van der Waals surface area (Å²) in [5, 5.41) is 3.67. The molecule has 0 saturated carbocycles. The molecule has 0 unspecified atom stereocenters. The number of hydrogen-bond acceptors (Lipinski definition) is 2. The maximum absolute atomic E-state index is 4.77. The number of hydrogen-bond donors (Lipinski definition) is 0. The fourth-order valence-corrected chi connectivity index (χ4v) is 4.88. The van der Waals surface area contributed by atoms with Crippen molar-refractivity contribution in [3.05, 3.63) is 122 Å². The van der Waals surface area contributed by atoms with E-state index < -0.39 is 0 Å². The fraction of sp³-hybridized carbons (Fsp3) is 0. The number of para-hydroxylation sites is 2. The molecule has 0 atom stereocenters. The largest absolute Gasteiger partial charge is 0.309 e. The molecule has 0 saturated heterocycles. The van der Waals surface area contributed by atoms with Gasteiger partial charge in [0.15, 0.2) is 0 Å². The second kappa shape index (κ2) is 7.42. The third-order valence-electron chi connectivity index (χ3n) is 6.49. The zero-order chi connectivity index (χ0) is 22.5. The van der Waals surface area contributed by atoms with Crippen LogP contribution in [-0.2, 0) is 0 Å². The van der Waals surface area contributed by atoms with E-state index in [1.165, 1.54) is 32.9 Å². The highest BCUT2D eigenvalue weighted by Crippen LogP contribution is 2.35. The van der Waals surface area contributed by atoms with E-state index in [1.807, 2.05) is 24.5 Å². The predicted octanol–water partition coefficient (Wildman–Crippen LogP) is 7.18. The number of fused-ring (bicyclic) bond motifs is 4. The van der Waals surface area contributed by atoms with Crippen LogP contribution < -0.4 is 0 Å². The van der Waals surface area contributed by atoms with Gasteiger partial charge in [0.2, 0.25) is 0 Å². The Bertz CT molecular complexity index is 1780. The van der Waals surface area contributed by atoms with Crippen LogP contribution in [0, 0.1) is 0 Å². The second-order valence-electron chi connectivity index (χ2n) is 8.45. The van der Waals surface area contributed by atoms with E-state index in [0.717, 1.165) is 22.5 Å². The Labute approximate surface area is 196 Å². The summed E-state index contributed by atoms with van der Waals surface area (Å²) < 4.78 is 4.51. The molecule has 0 amide bonds. The van der Waals surface area contributed by atoms with Gasteiger partial charge in [-0.3, -0.25) is 4.98 Å². The first-order valence-corrected chi connectivity index (χ1v) is 11.3. The van der Waals surface area contributed by atoms with Crippen LogP contribution in [0.3, 0.4) is 0 Å². The first-order chi connectivity index (χ1) is 16.9. The van der Waals surface area contributed by atoms with E-state index in [-0.39, 0.29) is 0 Å². The van der Waals surface area contributed by atoms with E-state index >= 15 is 0 Å². The molecule has 0 bridgehead atoms. The normalized spacial score (nSPS) is 11.5. The minimum absolute atomic E-state index is 0.897. The van der Waals surface area contributed by atoms with E-state index in [9.17, 15) is 0 Å². The van der Waals surface area contributed by atoms with E-state index in [0.29, 0.717) is 0 Å². The van der Waals surface area contributed by atoms with Crippen molar-refractivity contribution in [1.29, 1.82) is 0 Å². The van der Waals surface area contributed by atoms with Crippen molar-refractivity contribution in [2.24, 2.45) is 0 Å². The Hall–Kier alpha value is -4.70. The van der Waals surface area contributed by atoms with Crippen molar-refractivity contribution in [2.45, 2.75) is 0 Å². The van der Waals surface area contributed by atoms with Crippen molar-refractivity contribution in [3.63, 3.8) is 0 Å². The molecule has 0 spiro atoms. The first kappa shape index (κ1) is 18.8. The summed E-state index contributed by atoms with van der Waals surface area (Å²) in [4.78, 5) is 8.99. The van der Waals surface area contributed by atoms with E-state index in [2.05, 4.69) is 105 Å². The number of rotatable bonds is 3. The summed E-state index contributed by atoms with van der Waals surface area (Å²) in [6.45, 7) is 0. The topological polar surface area (TPSA) is 35.6 Å². The minimum atomic E-state index is 0.897. The Morgan fingerprint density at radius 2 is 1.44 bits per heavy atom. The molecule has 4 heterocycles. The van der Waals surface area contributed by atoms with Gasteiger partial charge in [0.05, 0.1) is 16.6 Å². The number of benzene rings is 3. The summed E-state index contributed by atoms with van der Waals surface area (Å²) in [7, 11) is 0. The van der Waals surface area contributed by atoms with E-state index in [4.69, 9.17) is 4.98 Å². The Kier molecular flexibility index (Phi) is 4.11. The summed E-state index contributed by atoms with van der Waals surface area (Å²) in [5.74, 6) is 0.897. The maximum Gasteiger partial charge on any atom is 0.137 e. The molecule has 4 nitrogen and oxygen atoms in total. The van der Waals surface area contributed by atoms with Gasteiger partial charge in [-0.25, -0.2) is 4.98 Å². The molecule has 160 valence electrons. The van der Waals surface area contributed by atoms with Crippen molar-refractivity contribution >= 4 is 32.7 Å². The van der Waals surface area contributed by atoms with Crippen LogP contribution in [0.15, 0.2) is 122 Å². The number of pyridine rings is 2. The predicted molar refractivity (Wildman–Crippen MR) is 139 cm³/mol. The van der Waals surface area contributed by atoms with E-state index in [1.54, 1.807) is 6.20 Å². The lowest BCUT2D eigenvalue weighted by atomic mass is 10.1. The van der Waals surface area contributed by atoms with Gasteiger partial charge in [0, 0.05) is 57.8 Å². The quantitative estimate of drug-likeness (QED) is 0.294. The Morgan fingerprint density at radius 3 is 2.26 bits per heavy atom. The average Bonchev–Trinajstić information content (AvgIpc) is 3.47. The molecule has 4 aromatic heterocycles. The van der Waals surface area contributed by atoms with Gasteiger partial charge in [-0.2, -0.15) is 0 Å². The second-order valence-corrected chi connectivity index (χ2v) is 8.45. The van der Waals surface area contributed by atoms with Crippen LogP contribution in [-0.4, -0.2) is 19.1 Å². The van der Waals surface area contributed by atoms with Gasteiger partial charge in [-0.05, 0) is 54.6 Å². The molecular formula is C30H20N4. The lowest BCUT2D eigenvalue weighted by molar-refractivity contribution is 1.05. The molecule has 4 heteroatoms. The minimum Gasteiger partial charge on any atom is -0.309 e. The highest BCUT2D eigenvalue weighted by molar-refractivity contribution is 6.13. The molecule has 7 aromatic rings. The summed E-state index contributed by atoms with van der Waals surface area (Å²) in [6, 6.07) is 34.1. The molecule has 0 aliphatic heterocycles. The average molecular weight is 437 g/mol. The van der Waals surface area contributed by atoms with Crippen LogP contribution in [0.25, 0.3) is 55.3 Å². The van der Waals surface area contributed by atoms with Crippen molar-refractivity contribution in [2.75, 3.05) is 0 Å². The smallest absolute Gasteiger partial charge is 0.137 e. The van der Waals surface area contributed by atoms with Gasteiger partial charge in [0.25, 0.3) is 0 Å². The van der Waals surface area contributed by atoms with Gasteiger partial charge >= 0.3 is 0 Å². The standard InChI is InChI=1S/C30H20N4/c1-2-8-24(9-3-1)34-27-11-5-4-10-25(27)26-18-28-21(17-29(26)34)14-16-33(28)30-13-12-23(20-32-30)22-7-6-15-31-19-22/h1-20H. The zero-order valence-electron chi connectivity index (χ0n) is 18.3. The Morgan fingerprint density at radius 1 is 0.588 bits per heavy atom. The molecule has 0 radical (unpaired) electrons. The van der Waals surface area contributed by atoms with Crippen LogP contribution in [0.4, 0.5) is 0 Å². The summed E-state index contributed by atoms with van der Waals surface area (Å²) in [5.41, 5.74) is 6.85. The first-order valence-electron chi connectivity index (χ1n) is 11.3. The van der Waals surface area contributed by atoms with Crippen LogP contribution in [0.1, 0.15) is 0 Å². The Balaban J connectivity index is 1.43. The summed E-state index contributed by atoms with van der Waals surface area (Å²) in [6.07, 6.45) is 7.66. The third kappa shape index (κ3) is 2.86. The maximum atomic E-state index is 4.77. The summed E-state index contributed by atoms with van der Waals surface area (Å²) >= 11 is 0. The molecule has 0 aliphatic rings. The molecule has 0 aliphatic carbocycles. The van der Waals surface area contributed by atoms with Crippen LogP contribution in [0.5, 0.6) is 0 Å². The molecule has 34 heavy (non-hydrogen) atoms. The lowest BCUT2D eigenvalue weighted by Gasteiger charge is -2.08. The number of nitrogens with zero attached hydrogens (tertiary/aromatic N) is 4. The third-order valence-corrected chi connectivity index (χ3v) is 6.49. The molecule has 0 N–H and O–H groups in total.